The Kier molecular flexibility index (Phi) is 6.77. The number of likely N-dealkylation sites (tertiary alicyclic amines) is 1. The molecule has 2 aromatic rings. The Morgan fingerprint density at radius 2 is 1.71 bits per heavy atom. The smallest absolute Gasteiger partial charge is 0.329 e. The van der Waals surface area contributed by atoms with Crippen molar-refractivity contribution in [1.82, 2.24) is 19.4 Å². The summed E-state index contributed by atoms with van der Waals surface area (Å²) in [7, 11) is 1.99. The van der Waals surface area contributed by atoms with Crippen LogP contribution in [-0.4, -0.2) is 46.1 Å². The van der Waals surface area contributed by atoms with Crippen LogP contribution in [0.4, 0.5) is 0 Å². The van der Waals surface area contributed by atoms with Gasteiger partial charge in [-0.05, 0) is 69.7 Å². The molecule has 2 heterocycles. The number of aromatic nitrogens is 2. The van der Waals surface area contributed by atoms with E-state index in [2.05, 4.69) is 5.32 Å². The normalized spacial score (nSPS) is 20.7. The molecule has 2 saturated carbocycles. The van der Waals surface area contributed by atoms with Crippen molar-refractivity contribution in [2.24, 2.45) is 5.92 Å². The molecule has 31 heavy (non-hydrogen) atoms. The van der Waals surface area contributed by atoms with Crippen molar-refractivity contribution in [3.8, 4) is 0 Å². The summed E-state index contributed by atoms with van der Waals surface area (Å²) in [5.41, 5.74) is 2.81. The molecule has 7 heteroatoms. The van der Waals surface area contributed by atoms with Crippen molar-refractivity contribution in [3.05, 3.63) is 34.2 Å². The number of imidazole rings is 1. The summed E-state index contributed by atoms with van der Waals surface area (Å²) in [6, 6.07) is 6.77. The Hall–Kier alpha value is -1.79. The molecule has 1 amide bonds. The van der Waals surface area contributed by atoms with Crippen molar-refractivity contribution in [2.75, 3.05) is 20.1 Å². The number of carbonyl (C=O) groups excluding carboxylic acids is 1. The van der Waals surface area contributed by atoms with Gasteiger partial charge in [-0.15, -0.1) is 12.4 Å². The zero-order chi connectivity index (χ0) is 20.7. The van der Waals surface area contributed by atoms with Crippen molar-refractivity contribution in [2.45, 2.75) is 76.4 Å². The first kappa shape index (κ1) is 22.4. The summed E-state index contributed by atoms with van der Waals surface area (Å²) in [5.74, 6) is 0.718. The molecule has 2 aliphatic carbocycles. The van der Waals surface area contributed by atoms with E-state index < -0.39 is 0 Å². The fourth-order valence-electron chi connectivity index (χ4n) is 5.39. The molecule has 0 unspecified atom stereocenters. The van der Waals surface area contributed by atoms with E-state index in [9.17, 15) is 9.59 Å². The number of nitrogens with zero attached hydrogens (tertiary/aromatic N) is 3. The molecule has 0 radical (unpaired) electrons. The molecule has 1 aromatic heterocycles. The van der Waals surface area contributed by atoms with E-state index in [0.29, 0.717) is 18.0 Å². The molecule has 0 atom stereocenters. The molecular weight excluding hydrogens is 412 g/mol. The van der Waals surface area contributed by atoms with Gasteiger partial charge in [0.1, 0.15) is 0 Å². The molecule has 1 aromatic carbocycles. The van der Waals surface area contributed by atoms with E-state index in [1.165, 1.54) is 32.1 Å². The van der Waals surface area contributed by atoms with Crippen LogP contribution in [0.1, 0.15) is 74.2 Å². The first-order valence-electron chi connectivity index (χ1n) is 11.9. The van der Waals surface area contributed by atoms with Crippen LogP contribution in [-0.2, 0) is 6.54 Å². The number of nitrogens with one attached hydrogen (secondary N) is 1. The third-order valence-electron chi connectivity index (χ3n) is 7.48. The fourth-order valence-corrected chi connectivity index (χ4v) is 5.39. The van der Waals surface area contributed by atoms with E-state index in [1.54, 1.807) is 0 Å². The third kappa shape index (κ3) is 4.42. The van der Waals surface area contributed by atoms with Gasteiger partial charge >= 0.3 is 5.69 Å². The standard InChI is InChI=1S/C24H34N4O2.ClH/c1-25-19-11-13-26(14-12-19)23(29)18-9-10-21-22(15-18)27(16-17-7-8-17)24(30)28(21)20-5-3-2-4-6-20;/h9-10,15,17,19-20,25H,2-8,11-14,16H2,1H3;1H. The van der Waals surface area contributed by atoms with Crippen LogP contribution in [0.3, 0.4) is 0 Å². The van der Waals surface area contributed by atoms with Gasteiger partial charge in [-0.1, -0.05) is 19.3 Å². The monoisotopic (exact) mass is 446 g/mol. The number of halogens is 1. The molecular formula is C24H35ClN4O2. The highest BCUT2D eigenvalue weighted by Gasteiger charge is 2.28. The lowest BCUT2D eigenvalue weighted by Crippen LogP contribution is -2.43. The highest BCUT2D eigenvalue weighted by molar-refractivity contribution is 5.97. The molecule has 1 saturated heterocycles. The average molecular weight is 447 g/mol. The number of hydrogen-bond acceptors (Lipinski definition) is 3. The maximum atomic E-state index is 13.4. The summed E-state index contributed by atoms with van der Waals surface area (Å²) >= 11 is 0. The van der Waals surface area contributed by atoms with E-state index in [-0.39, 0.29) is 24.0 Å². The lowest BCUT2D eigenvalue weighted by atomic mass is 9.95. The Balaban J connectivity index is 0.00000231. The summed E-state index contributed by atoms with van der Waals surface area (Å²) in [5, 5.41) is 3.32. The van der Waals surface area contributed by atoms with Crippen LogP contribution in [0.5, 0.6) is 0 Å². The van der Waals surface area contributed by atoms with E-state index in [1.807, 2.05) is 39.3 Å². The molecule has 6 nitrogen and oxygen atoms in total. The minimum atomic E-state index is 0. The van der Waals surface area contributed by atoms with Crippen LogP contribution in [0.25, 0.3) is 11.0 Å². The number of hydrogen-bond donors (Lipinski definition) is 1. The summed E-state index contributed by atoms with van der Waals surface area (Å²) in [6.07, 6.45) is 10.3. The third-order valence-corrected chi connectivity index (χ3v) is 7.48. The van der Waals surface area contributed by atoms with Gasteiger partial charge in [0.15, 0.2) is 0 Å². The van der Waals surface area contributed by atoms with Crippen molar-refractivity contribution >= 4 is 29.3 Å². The Bertz CT molecular complexity index is 979. The molecule has 3 fully saturated rings. The molecule has 1 aliphatic heterocycles. The maximum Gasteiger partial charge on any atom is 0.329 e. The Labute approximate surface area is 190 Å². The van der Waals surface area contributed by atoms with Gasteiger partial charge in [0.2, 0.25) is 0 Å². The summed E-state index contributed by atoms with van der Waals surface area (Å²) in [4.78, 5) is 28.6. The molecule has 1 N–H and O–H groups in total. The first-order valence-corrected chi connectivity index (χ1v) is 11.9. The van der Waals surface area contributed by atoms with E-state index in [4.69, 9.17) is 0 Å². The number of carbonyl (C=O) groups is 1. The highest BCUT2D eigenvalue weighted by atomic mass is 35.5. The number of piperidine rings is 1. The fraction of sp³-hybridized carbons (Fsp3) is 0.667. The van der Waals surface area contributed by atoms with Crippen LogP contribution in [0, 0.1) is 5.92 Å². The molecule has 0 bridgehead atoms. The first-order chi connectivity index (χ1) is 14.7. The summed E-state index contributed by atoms with van der Waals surface area (Å²) in [6.45, 7) is 2.38. The largest absolute Gasteiger partial charge is 0.339 e. The van der Waals surface area contributed by atoms with Gasteiger partial charge in [0.05, 0.1) is 11.0 Å². The SMILES string of the molecule is CNC1CCN(C(=O)c2ccc3c(c2)n(CC2CC2)c(=O)n3C2CCCCC2)CC1.Cl. The number of rotatable bonds is 5. The van der Waals surface area contributed by atoms with Gasteiger partial charge in [0.25, 0.3) is 5.91 Å². The number of fused-ring (bicyclic) bond motifs is 1. The average Bonchev–Trinajstić information content (AvgIpc) is 3.58. The van der Waals surface area contributed by atoms with Crippen LogP contribution in [0.15, 0.2) is 23.0 Å². The molecule has 5 rings (SSSR count). The van der Waals surface area contributed by atoms with Gasteiger partial charge in [-0.25, -0.2) is 4.79 Å². The maximum absolute atomic E-state index is 13.4. The van der Waals surface area contributed by atoms with E-state index >= 15 is 0 Å². The zero-order valence-corrected chi connectivity index (χ0v) is 19.3. The number of benzene rings is 1. The van der Waals surface area contributed by atoms with Crippen molar-refractivity contribution in [3.63, 3.8) is 0 Å². The van der Waals surface area contributed by atoms with Crippen LogP contribution in [0.2, 0.25) is 0 Å². The lowest BCUT2D eigenvalue weighted by molar-refractivity contribution is 0.0707. The van der Waals surface area contributed by atoms with Gasteiger partial charge in [-0.2, -0.15) is 0 Å². The Morgan fingerprint density at radius 1 is 1.00 bits per heavy atom. The highest BCUT2D eigenvalue weighted by Crippen LogP contribution is 2.34. The second-order valence-corrected chi connectivity index (χ2v) is 9.56. The predicted octanol–water partition coefficient (Wildman–Crippen LogP) is 3.96. The minimum absolute atomic E-state index is 0. The second kappa shape index (κ2) is 9.37. The minimum Gasteiger partial charge on any atom is -0.339 e. The lowest BCUT2D eigenvalue weighted by Gasteiger charge is -2.31. The summed E-state index contributed by atoms with van der Waals surface area (Å²) < 4.78 is 4.01. The van der Waals surface area contributed by atoms with Gasteiger partial charge < -0.3 is 10.2 Å². The quantitative estimate of drug-likeness (QED) is 0.756. The van der Waals surface area contributed by atoms with Crippen LogP contribution >= 0.6 is 12.4 Å². The van der Waals surface area contributed by atoms with Gasteiger partial charge in [0, 0.05) is 37.3 Å². The molecule has 0 spiro atoms. The second-order valence-electron chi connectivity index (χ2n) is 9.56. The topological polar surface area (TPSA) is 59.3 Å². The van der Waals surface area contributed by atoms with Crippen LogP contribution < -0.4 is 11.0 Å². The molecule has 3 aliphatic rings. The Morgan fingerprint density at radius 3 is 2.35 bits per heavy atom. The van der Waals surface area contributed by atoms with Gasteiger partial charge in [-0.3, -0.25) is 13.9 Å². The van der Waals surface area contributed by atoms with Crippen molar-refractivity contribution in [1.29, 1.82) is 0 Å². The molecule has 170 valence electrons. The number of amides is 1. The zero-order valence-electron chi connectivity index (χ0n) is 18.5. The van der Waals surface area contributed by atoms with Crippen molar-refractivity contribution < 1.29 is 4.79 Å². The predicted molar refractivity (Wildman–Crippen MR) is 126 cm³/mol. The van der Waals surface area contributed by atoms with E-state index in [0.717, 1.165) is 61.9 Å².